The van der Waals surface area contributed by atoms with Gasteiger partial charge in [0.2, 0.25) is 5.95 Å². The number of aryl methyl sites for hydroxylation is 2. The van der Waals surface area contributed by atoms with Crippen molar-refractivity contribution in [3.8, 4) is 11.6 Å². The third kappa shape index (κ3) is 6.22. The topological polar surface area (TPSA) is 123 Å². The number of hydrogen-bond donors (Lipinski definition) is 1. The Morgan fingerprint density at radius 2 is 1.87 bits per heavy atom. The van der Waals surface area contributed by atoms with E-state index in [-0.39, 0.29) is 25.6 Å². The summed E-state index contributed by atoms with van der Waals surface area (Å²) in [5.74, 6) is 0.874. The van der Waals surface area contributed by atoms with Crippen LogP contribution in [0.5, 0.6) is 11.6 Å². The Morgan fingerprint density at radius 3 is 2.51 bits per heavy atom. The van der Waals surface area contributed by atoms with Crippen LogP contribution in [0.15, 0.2) is 62.6 Å². The fourth-order valence-corrected chi connectivity index (χ4v) is 4.35. The van der Waals surface area contributed by atoms with Gasteiger partial charge in [-0.2, -0.15) is 4.98 Å². The summed E-state index contributed by atoms with van der Waals surface area (Å²) in [6, 6.07) is 14.1. The van der Waals surface area contributed by atoms with E-state index in [0.717, 1.165) is 15.7 Å². The molecule has 4 aromatic rings. The van der Waals surface area contributed by atoms with Crippen molar-refractivity contribution in [2.24, 2.45) is 0 Å². The molecule has 1 saturated heterocycles. The Balaban J connectivity index is 1.47. The largest absolute Gasteiger partial charge is 0.436 e. The van der Waals surface area contributed by atoms with Crippen molar-refractivity contribution in [2.75, 3.05) is 11.9 Å². The van der Waals surface area contributed by atoms with Crippen LogP contribution in [0.3, 0.4) is 0 Å². The lowest BCUT2D eigenvalue weighted by Crippen LogP contribution is -2.45. The highest BCUT2D eigenvalue weighted by atomic mass is 35.5. The van der Waals surface area contributed by atoms with Gasteiger partial charge in [-0.15, -0.1) is 0 Å². The molecule has 12 heteroatoms. The lowest BCUT2D eigenvalue weighted by Gasteiger charge is -2.19. The molecule has 1 fully saturated rings. The molecule has 39 heavy (non-hydrogen) atoms. The highest BCUT2D eigenvalue weighted by Crippen LogP contribution is 2.28. The molecule has 0 radical (unpaired) electrons. The number of anilines is 2. The summed E-state index contributed by atoms with van der Waals surface area (Å²) in [6.07, 6.45) is -0.460. The maximum atomic E-state index is 13.6. The molecule has 3 heterocycles. The zero-order valence-electron chi connectivity index (χ0n) is 21.9. The highest BCUT2D eigenvalue weighted by Gasteiger charge is 2.33. The summed E-state index contributed by atoms with van der Waals surface area (Å²) in [7, 11) is 0. The summed E-state index contributed by atoms with van der Waals surface area (Å²) in [6.45, 7) is 7.64. The first kappa shape index (κ1) is 26.7. The maximum Gasteiger partial charge on any atom is 0.355 e. The smallest absolute Gasteiger partial charge is 0.355 e. The number of nitrogens with zero attached hydrogens (tertiary/aromatic N) is 4. The van der Waals surface area contributed by atoms with Gasteiger partial charge in [0, 0.05) is 16.8 Å². The minimum atomic E-state index is -0.786. The van der Waals surface area contributed by atoms with E-state index < -0.39 is 23.3 Å². The summed E-state index contributed by atoms with van der Waals surface area (Å²) in [5.41, 5.74) is 0.988. The first-order valence-corrected chi connectivity index (χ1v) is 12.7. The molecular formula is C27H28ClN5O6. The molecule has 0 bridgehead atoms. The second kappa shape index (κ2) is 10.7. The monoisotopic (exact) mass is 553 g/mol. The fraction of sp³-hybridized carbons (Fsp3) is 0.333. The minimum Gasteiger partial charge on any atom is -0.436 e. The molecule has 5 rings (SSSR count). The lowest BCUT2D eigenvalue weighted by atomic mass is 10.2. The van der Waals surface area contributed by atoms with E-state index in [9.17, 15) is 9.59 Å². The zero-order chi connectivity index (χ0) is 27.7. The molecule has 1 atom stereocenters. The maximum absolute atomic E-state index is 13.6. The SMILES string of the molecule is Cc1cc(Oc2ccc(Nc3nc(=O)n(C[C@H]4COC(C)(C)O4)c(=O)n3Cc3ccc(Cl)cc3)cc2C)no1. The Kier molecular flexibility index (Phi) is 7.30. The van der Waals surface area contributed by atoms with E-state index in [0.29, 0.717) is 28.1 Å². The molecule has 204 valence electrons. The van der Waals surface area contributed by atoms with Crippen LogP contribution in [0.1, 0.15) is 30.7 Å². The molecule has 11 nitrogen and oxygen atoms in total. The Morgan fingerprint density at radius 1 is 1.10 bits per heavy atom. The van der Waals surface area contributed by atoms with Crippen LogP contribution in [0.25, 0.3) is 0 Å². The van der Waals surface area contributed by atoms with Crippen LogP contribution < -0.4 is 21.4 Å². The molecule has 1 N–H and O–H groups in total. The van der Waals surface area contributed by atoms with Crippen LogP contribution >= 0.6 is 11.6 Å². The molecule has 0 unspecified atom stereocenters. The van der Waals surface area contributed by atoms with Crippen molar-refractivity contribution < 1.29 is 18.7 Å². The average Bonchev–Trinajstić information content (AvgIpc) is 3.45. The summed E-state index contributed by atoms with van der Waals surface area (Å²) < 4.78 is 24.7. The Labute approximate surface area is 228 Å². The second-order valence-corrected chi connectivity index (χ2v) is 10.2. The van der Waals surface area contributed by atoms with Crippen molar-refractivity contribution in [1.29, 1.82) is 0 Å². The standard InChI is InChI=1S/C27H28ClN5O6/c1-16-11-20(9-10-22(16)37-23-12-17(2)39-31-23)29-24-30-25(34)33(14-21-15-36-27(3,4)38-21)26(35)32(24)13-18-5-7-19(28)8-6-18/h5-12,21H,13-15H2,1-4H3,(H,29,30,34)/t21-/m0/s1. The first-order valence-electron chi connectivity index (χ1n) is 12.3. The van der Waals surface area contributed by atoms with Gasteiger partial charge in [-0.1, -0.05) is 23.7 Å². The number of halogens is 1. The molecular weight excluding hydrogens is 526 g/mol. The number of nitrogens with one attached hydrogen (secondary N) is 1. The van der Waals surface area contributed by atoms with Crippen molar-refractivity contribution in [3.63, 3.8) is 0 Å². The molecule has 1 aliphatic rings. The zero-order valence-corrected chi connectivity index (χ0v) is 22.7. The fourth-order valence-electron chi connectivity index (χ4n) is 4.23. The van der Waals surface area contributed by atoms with Gasteiger partial charge in [0.1, 0.15) is 17.6 Å². The number of aromatic nitrogens is 4. The number of rotatable bonds is 8. The van der Waals surface area contributed by atoms with Gasteiger partial charge in [-0.25, -0.2) is 14.2 Å². The van der Waals surface area contributed by atoms with E-state index in [1.807, 2.05) is 25.1 Å². The van der Waals surface area contributed by atoms with Gasteiger partial charge in [0.25, 0.3) is 5.88 Å². The summed E-state index contributed by atoms with van der Waals surface area (Å²) >= 11 is 6.04. The molecule has 0 spiro atoms. The third-order valence-electron chi connectivity index (χ3n) is 6.11. The highest BCUT2D eigenvalue weighted by molar-refractivity contribution is 6.30. The van der Waals surface area contributed by atoms with Crippen molar-refractivity contribution in [2.45, 2.75) is 52.7 Å². The van der Waals surface area contributed by atoms with Gasteiger partial charge in [0.05, 0.1) is 19.7 Å². The lowest BCUT2D eigenvalue weighted by molar-refractivity contribution is -0.139. The van der Waals surface area contributed by atoms with Gasteiger partial charge >= 0.3 is 11.4 Å². The van der Waals surface area contributed by atoms with Gasteiger partial charge < -0.3 is 24.1 Å². The normalized spacial score (nSPS) is 16.4. The third-order valence-corrected chi connectivity index (χ3v) is 6.36. The van der Waals surface area contributed by atoms with Gasteiger partial charge in [-0.05, 0) is 74.3 Å². The number of ether oxygens (including phenoxy) is 3. The van der Waals surface area contributed by atoms with E-state index in [2.05, 4.69) is 15.5 Å². The van der Waals surface area contributed by atoms with E-state index in [1.54, 1.807) is 51.1 Å². The van der Waals surface area contributed by atoms with Gasteiger partial charge in [-0.3, -0.25) is 4.57 Å². The number of hydrogen-bond acceptors (Lipinski definition) is 9. The molecule has 2 aromatic heterocycles. The predicted molar refractivity (Wildman–Crippen MR) is 144 cm³/mol. The van der Waals surface area contributed by atoms with Crippen molar-refractivity contribution >= 4 is 23.2 Å². The molecule has 0 saturated carbocycles. The molecule has 1 aliphatic heterocycles. The molecule has 0 amide bonds. The first-order chi connectivity index (χ1) is 18.6. The van der Waals surface area contributed by atoms with E-state index >= 15 is 0 Å². The van der Waals surface area contributed by atoms with Gasteiger partial charge in [0.15, 0.2) is 5.79 Å². The van der Waals surface area contributed by atoms with Crippen LogP contribution in [0.4, 0.5) is 11.6 Å². The van der Waals surface area contributed by atoms with Crippen LogP contribution in [-0.4, -0.2) is 37.8 Å². The van der Waals surface area contributed by atoms with E-state index in [4.69, 9.17) is 30.3 Å². The Hall–Kier alpha value is -3.93. The predicted octanol–water partition coefficient (Wildman–Crippen LogP) is 4.40. The van der Waals surface area contributed by atoms with E-state index in [1.165, 1.54) is 4.57 Å². The average molecular weight is 554 g/mol. The van der Waals surface area contributed by atoms with Crippen LogP contribution in [-0.2, 0) is 22.6 Å². The van der Waals surface area contributed by atoms with Crippen molar-refractivity contribution in [1.82, 2.24) is 19.3 Å². The van der Waals surface area contributed by atoms with Crippen LogP contribution in [0, 0.1) is 13.8 Å². The minimum absolute atomic E-state index is 0.0155. The van der Waals surface area contributed by atoms with Crippen LogP contribution in [0.2, 0.25) is 5.02 Å². The van der Waals surface area contributed by atoms with Crippen molar-refractivity contribution in [3.05, 3.63) is 91.4 Å². The number of benzene rings is 2. The molecule has 0 aliphatic carbocycles. The summed E-state index contributed by atoms with van der Waals surface area (Å²) in [4.78, 5) is 30.9. The Bertz CT molecular complexity index is 1610. The molecule has 2 aromatic carbocycles. The summed E-state index contributed by atoms with van der Waals surface area (Å²) in [5, 5.41) is 7.55. The second-order valence-electron chi connectivity index (χ2n) is 9.76. The quantitative estimate of drug-likeness (QED) is 0.338.